The van der Waals surface area contributed by atoms with E-state index in [0.29, 0.717) is 24.4 Å². The second-order valence-corrected chi connectivity index (χ2v) is 8.62. The number of carbonyl (C=O) groups is 1. The summed E-state index contributed by atoms with van der Waals surface area (Å²) in [5, 5.41) is 4.47. The number of carbonyl (C=O) groups excluding carboxylic acids is 1. The number of ether oxygens (including phenoxy) is 1. The lowest BCUT2D eigenvalue weighted by atomic mass is 9.99. The number of hydrogen-bond acceptors (Lipinski definition) is 5. The van der Waals surface area contributed by atoms with Crippen LogP contribution >= 0.6 is 0 Å². The number of nitrogens with two attached hydrogens (primary N) is 1. The van der Waals surface area contributed by atoms with Gasteiger partial charge in [-0.2, -0.15) is 5.10 Å². The van der Waals surface area contributed by atoms with Gasteiger partial charge in [0.2, 0.25) is 5.88 Å². The van der Waals surface area contributed by atoms with Crippen molar-refractivity contribution in [1.29, 1.82) is 0 Å². The molecule has 2 N–H and O–H groups in total. The molecule has 3 heterocycles. The van der Waals surface area contributed by atoms with Crippen LogP contribution in [0.25, 0.3) is 22.4 Å². The van der Waals surface area contributed by atoms with E-state index >= 15 is 0 Å². The van der Waals surface area contributed by atoms with Crippen molar-refractivity contribution in [2.24, 2.45) is 12.8 Å². The van der Waals surface area contributed by atoms with E-state index in [9.17, 15) is 9.18 Å². The fraction of sp³-hybridized carbons (Fsp3) is 0.222. The largest absolute Gasteiger partial charge is 0.481 e. The van der Waals surface area contributed by atoms with E-state index in [-0.39, 0.29) is 24.3 Å². The maximum Gasteiger partial charge on any atom is 0.254 e. The summed E-state index contributed by atoms with van der Waals surface area (Å²) in [6.45, 7) is 0.734. The molecule has 0 unspecified atom stereocenters. The number of aryl methyl sites for hydroxylation is 1. The maximum atomic E-state index is 13.7. The number of rotatable bonds is 7. The highest BCUT2D eigenvalue weighted by Gasteiger charge is 2.33. The monoisotopic (exact) mass is 471 g/mol. The van der Waals surface area contributed by atoms with Crippen molar-refractivity contribution in [3.63, 3.8) is 0 Å². The quantitative estimate of drug-likeness (QED) is 0.443. The summed E-state index contributed by atoms with van der Waals surface area (Å²) in [7, 11) is 3.48. The fourth-order valence-corrected chi connectivity index (χ4v) is 4.78. The minimum atomic E-state index is -0.295. The molecule has 7 nitrogen and oxygen atoms in total. The van der Waals surface area contributed by atoms with E-state index in [2.05, 4.69) is 10.1 Å². The van der Waals surface area contributed by atoms with Crippen LogP contribution in [0.5, 0.6) is 5.88 Å². The summed E-state index contributed by atoms with van der Waals surface area (Å²) in [4.78, 5) is 19.3. The first-order chi connectivity index (χ1) is 17.0. The summed E-state index contributed by atoms with van der Waals surface area (Å²) in [6.07, 6.45) is 3.97. The highest BCUT2D eigenvalue weighted by atomic mass is 19.1. The lowest BCUT2D eigenvalue weighted by Crippen LogP contribution is -2.42. The van der Waals surface area contributed by atoms with Gasteiger partial charge in [0.15, 0.2) is 0 Å². The van der Waals surface area contributed by atoms with Gasteiger partial charge in [0.1, 0.15) is 5.82 Å². The Morgan fingerprint density at radius 3 is 2.74 bits per heavy atom. The van der Waals surface area contributed by atoms with Crippen LogP contribution in [-0.4, -0.2) is 45.3 Å². The van der Waals surface area contributed by atoms with Crippen molar-refractivity contribution in [2.75, 3.05) is 13.7 Å². The fourth-order valence-electron chi connectivity index (χ4n) is 4.78. The number of pyridine rings is 1. The zero-order valence-electron chi connectivity index (χ0n) is 19.6. The van der Waals surface area contributed by atoms with Crippen LogP contribution in [0, 0.1) is 5.82 Å². The van der Waals surface area contributed by atoms with Crippen LogP contribution in [0.2, 0.25) is 0 Å². The minimum Gasteiger partial charge on any atom is -0.481 e. The first-order valence-electron chi connectivity index (χ1n) is 11.4. The molecule has 0 saturated heterocycles. The predicted molar refractivity (Wildman–Crippen MR) is 131 cm³/mol. The standard InChI is InChI=1S/C27H26FN5O2/c1-32-25(24(15-31-32)23-7-4-10-30-26(23)35-2)18-8-9-22-19(13-18)16-33(27(22)34)21(14-29)12-17-5-3-6-20(28)11-17/h3-11,13,15,21H,12,14,16,29H2,1-2H3/t21-/m0/s1. The summed E-state index contributed by atoms with van der Waals surface area (Å²) in [5.74, 6) is 0.168. The third-order valence-corrected chi connectivity index (χ3v) is 6.48. The average molecular weight is 472 g/mol. The Balaban J connectivity index is 1.47. The SMILES string of the molecule is COc1ncccc1-c1cnn(C)c1-c1ccc2c(c1)CN([C@H](CN)Cc1cccc(F)c1)C2=O. The molecule has 5 rings (SSSR count). The molecule has 8 heteroatoms. The van der Waals surface area contributed by atoms with Gasteiger partial charge in [-0.25, -0.2) is 9.37 Å². The van der Waals surface area contributed by atoms with E-state index in [1.807, 2.05) is 48.1 Å². The van der Waals surface area contributed by atoms with Gasteiger partial charge in [-0.05, 0) is 53.9 Å². The van der Waals surface area contributed by atoms with E-state index in [4.69, 9.17) is 10.5 Å². The van der Waals surface area contributed by atoms with Crippen LogP contribution < -0.4 is 10.5 Å². The molecule has 0 fully saturated rings. The molecule has 0 aliphatic carbocycles. The number of halogens is 1. The van der Waals surface area contributed by atoms with Crippen molar-refractivity contribution in [1.82, 2.24) is 19.7 Å². The molecule has 0 bridgehead atoms. The summed E-state index contributed by atoms with van der Waals surface area (Å²) < 4.78 is 20.9. The Morgan fingerprint density at radius 2 is 1.97 bits per heavy atom. The van der Waals surface area contributed by atoms with Crippen LogP contribution in [0.3, 0.4) is 0 Å². The molecule has 178 valence electrons. The molecule has 0 spiro atoms. The lowest BCUT2D eigenvalue weighted by molar-refractivity contribution is 0.0708. The number of benzene rings is 2. The Hall–Kier alpha value is -4.04. The van der Waals surface area contributed by atoms with Crippen molar-refractivity contribution in [3.8, 4) is 28.3 Å². The first-order valence-corrected chi connectivity index (χ1v) is 11.4. The van der Waals surface area contributed by atoms with Crippen LogP contribution in [-0.2, 0) is 20.0 Å². The summed E-state index contributed by atoms with van der Waals surface area (Å²) in [6, 6.07) is 15.8. The Morgan fingerprint density at radius 1 is 1.11 bits per heavy atom. The minimum absolute atomic E-state index is 0.0578. The second kappa shape index (κ2) is 9.31. The molecule has 35 heavy (non-hydrogen) atoms. The van der Waals surface area contributed by atoms with Crippen molar-refractivity contribution < 1.29 is 13.9 Å². The number of amides is 1. The first kappa shape index (κ1) is 22.7. The molecule has 4 aromatic rings. The summed E-state index contributed by atoms with van der Waals surface area (Å²) >= 11 is 0. The molecule has 2 aromatic carbocycles. The zero-order valence-corrected chi connectivity index (χ0v) is 19.6. The van der Waals surface area contributed by atoms with Crippen LogP contribution in [0.15, 0.2) is 67.0 Å². The highest BCUT2D eigenvalue weighted by molar-refractivity contribution is 5.99. The number of aromatic nitrogens is 3. The Labute approximate surface area is 203 Å². The smallest absolute Gasteiger partial charge is 0.254 e. The second-order valence-electron chi connectivity index (χ2n) is 8.62. The van der Waals surface area contributed by atoms with Gasteiger partial charge in [0.05, 0.1) is 19.0 Å². The molecule has 0 saturated carbocycles. The number of methoxy groups -OCH3 is 1. The van der Waals surface area contributed by atoms with E-state index < -0.39 is 0 Å². The average Bonchev–Trinajstić information content (AvgIpc) is 3.41. The molecule has 1 atom stereocenters. The molecule has 1 aliphatic heterocycles. The predicted octanol–water partition coefficient (Wildman–Crippen LogP) is 3.82. The number of hydrogen-bond donors (Lipinski definition) is 1. The molecular weight excluding hydrogens is 445 g/mol. The van der Waals surface area contributed by atoms with Gasteiger partial charge in [-0.15, -0.1) is 0 Å². The van der Waals surface area contributed by atoms with E-state index in [1.54, 1.807) is 30.5 Å². The van der Waals surface area contributed by atoms with Crippen molar-refractivity contribution >= 4 is 5.91 Å². The third kappa shape index (κ3) is 4.17. The third-order valence-electron chi connectivity index (χ3n) is 6.48. The van der Waals surface area contributed by atoms with E-state index in [1.165, 1.54) is 12.1 Å². The summed E-state index contributed by atoms with van der Waals surface area (Å²) in [5.41, 5.74) is 12.0. The lowest BCUT2D eigenvalue weighted by Gasteiger charge is -2.26. The van der Waals surface area contributed by atoms with Crippen LogP contribution in [0.4, 0.5) is 4.39 Å². The van der Waals surface area contributed by atoms with Gasteiger partial charge >= 0.3 is 0 Å². The Bertz CT molecular complexity index is 1400. The number of nitrogens with zero attached hydrogens (tertiary/aromatic N) is 4. The van der Waals surface area contributed by atoms with E-state index in [0.717, 1.165) is 33.5 Å². The topological polar surface area (TPSA) is 86.3 Å². The number of fused-ring (bicyclic) bond motifs is 1. The zero-order chi connectivity index (χ0) is 24.5. The normalized spacial score (nSPS) is 13.7. The molecule has 1 aliphatic rings. The van der Waals surface area contributed by atoms with Crippen LogP contribution in [0.1, 0.15) is 21.5 Å². The maximum absolute atomic E-state index is 13.7. The van der Waals surface area contributed by atoms with Crippen molar-refractivity contribution in [3.05, 3.63) is 89.5 Å². The van der Waals surface area contributed by atoms with Crippen molar-refractivity contribution in [2.45, 2.75) is 19.0 Å². The highest BCUT2D eigenvalue weighted by Crippen LogP contribution is 2.37. The molecular formula is C27H26FN5O2. The van der Waals surface area contributed by atoms with Gasteiger partial charge in [-0.3, -0.25) is 9.48 Å². The molecule has 1 amide bonds. The van der Waals surface area contributed by atoms with Gasteiger partial charge in [0.25, 0.3) is 5.91 Å². The Kier molecular flexibility index (Phi) is 6.05. The van der Waals surface area contributed by atoms with Gasteiger partial charge in [-0.1, -0.05) is 18.2 Å². The molecule has 0 radical (unpaired) electrons. The van der Waals surface area contributed by atoms with Gasteiger partial charge in [0, 0.05) is 54.6 Å². The molecule has 2 aromatic heterocycles. The van der Waals surface area contributed by atoms with Gasteiger partial charge < -0.3 is 15.4 Å².